The first-order valence-electron chi connectivity index (χ1n) is 4.81. The standard InChI is InChI=1S/C10H12F3NO4/c1-4-6-18-9(10(11,12)13,14-7(3)15)8(16)17-5-2/h1H,5-6H2,2-3H3,(H,14,15). The second-order valence-corrected chi connectivity index (χ2v) is 3.07. The lowest BCUT2D eigenvalue weighted by Gasteiger charge is -2.32. The summed E-state index contributed by atoms with van der Waals surface area (Å²) >= 11 is 0. The van der Waals surface area contributed by atoms with Crippen LogP contribution in [-0.4, -0.2) is 37.0 Å². The van der Waals surface area contributed by atoms with E-state index in [9.17, 15) is 22.8 Å². The number of hydrogen-bond acceptors (Lipinski definition) is 4. The van der Waals surface area contributed by atoms with Gasteiger partial charge in [-0.3, -0.25) is 4.79 Å². The second kappa shape index (κ2) is 6.26. The molecule has 102 valence electrons. The van der Waals surface area contributed by atoms with E-state index < -0.39 is 30.4 Å². The Balaban J connectivity index is 5.47. The van der Waals surface area contributed by atoms with Gasteiger partial charge in [0.15, 0.2) is 0 Å². The zero-order valence-corrected chi connectivity index (χ0v) is 9.76. The third-order valence-electron chi connectivity index (χ3n) is 1.69. The predicted molar refractivity (Wildman–Crippen MR) is 54.0 cm³/mol. The number of terminal acetylenes is 1. The summed E-state index contributed by atoms with van der Waals surface area (Å²) in [5.74, 6) is -1.10. The number of rotatable bonds is 5. The number of alkyl halides is 3. The van der Waals surface area contributed by atoms with Gasteiger partial charge < -0.3 is 14.8 Å². The maximum atomic E-state index is 12.9. The van der Waals surface area contributed by atoms with Gasteiger partial charge in [0, 0.05) is 6.92 Å². The molecule has 1 amide bonds. The molecular formula is C10H12F3NO4. The van der Waals surface area contributed by atoms with Gasteiger partial charge in [-0.2, -0.15) is 13.2 Å². The summed E-state index contributed by atoms with van der Waals surface area (Å²) in [6.07, 6.45) is -0.430. The Kier molecular flexibility index (Phi) is 5.65. The number of ether oxygens (including phenoxy) is 2. The quantitative estimate of drug-likeness (QED) is 0.450. The van der Waals surface area contributed by atoms with Gasteiger partial charge in [-0.05, 0) is 6.92 Å². The van der Waals surface area contributed by atoms with E-state index in [0.29, 0.717) is 0 Å². The van der Waals surface area contributed by atoms with E-state index in [4.69, 9.17) is 6.42 Å². The van der Waals surface area contributed by atoms with Crippen molar-refractivity contribution in [2.75, 3.05) is 13.2 Å². The van der Waals surface area contributed by atoms with Gasteiger partial charge in [0.25, 0.3) is 0 Å². The molecule has 5 nitrogen and oxygen atoms in total. The van der Waals surface area contributed by atoms with E-state index in [1.165, 1.54) is 12.2 Å². The van der Waals surface area contributed by atoms with Crippen LogP contribution in [0.4, 0.5) is 13.2 Å². The lowest BCUT2D eigenvalue weighted by Crippen LogP contribution is -2.66. The van der Waals surface area contributed by atoms with E-state index in [1.807, 2.05) is 0 Å². The Morgan fingerprint density at radius 1 is 1.39 bits per heavy atom. The molecule has 0 aliphatic heterocycles. The van der Waals surface area contributed by atoms with Crippen LogP contribution in [0.2, 0.25) is 0 Å². The van der Waals surface area contributed by atoms with Crippen LogP contribution in [0.1, 0.15) is 13.8 Å². The summed E-state index contributed by atoms with van der Waals surface area (Å²) in [6.45, 7) is 0.987. The molecule has 0 radical (unpaired) electrons. The van der Waals surface area contributed by atoms with E-state index in [2.05, 4.69) is 9.47 Å². The van der Waals surface area contributed by atoms with Crippen molar-refractivity contribution in [3.05, 3.63) is 0 Å². The zero-order valence-electron chi connectivity index (χ0n) is 9.76. The smallest absolute Gasteiger partial charge is 0.448 e. The van der Waals surface area contributed by atoms with Gasteiger partial charge in [-0.1, -0.05) is 5.92 Å². The first kappa shape index (κ1) is 16.2. The van der Waals surface area contributed by atoms with Crippen molar-refractivity contribution in [2.45, 2.75) is 25.7 Å². The Hall–Kier alpha value is -1.75. The minimum absolute atomic E-state index is 0.310. The molecule has 0 saturated heterocycles. The molecule has 0 aliphatic carbocycles. The summed E-state index contributed by atoms with van der Waals surface area (Å²) in [6, 6.07) is 0. The van der Waals surface area contributed by atoms with Gasteiger partial charge in [0.2, 0.25) is 5.91 Å². The van der Waals surface area contributed by atoms with Crippen LogP contribution in [0.25, 0.3) is 0 Å². The molecule has 0 heterocycles. The molecular weight excluding hydrogens is 255 g/mol. The van der Waals surface area contributed by atoms with Gasteiger partial charge in [0.05, 0.1) is 6.61 Å². The molecule has 1 unspecified atom stereocenters. The fraction of sp³-hybridized carbons (Fsp3) is 0.600. The number of carbonyl (C=O) groups is 2. The van der Waals surface area contributed by atoms with Gasteiger partial charge in [-0.25, -0.2) is 4.79 Å². The number of hydrogen-bond donors (Lipinski definition) is 1. The summed E-state index contributed by atoms with van der Waals surface area (Å²) in [5.41, 5.74) is -3.58. The molecule has 0 rings (SSSR count). The first-order chi connectivity index (χ1) is 8.21. The number of amides is 1. The average molecular weight is 267 g/mol. The molecule has 0 bridgehead atoms. The normalized spacial score (nSPS) is 14.2. The number of carbonyl (C=O) groups excluding carboxylic acids is 2. The van der Waals surface area contributed by atoms with Crippen molar-refractivity contribution >= 4 is 11.9 Å². The Morgan fingerprint density at radius 3 is 2.28 bits per heavy atom. The van der Waals surface area contributed by atoms with Crippen LogP contribution < -0.4 is 5.32 Å². The first-order valence-corrected chi connectivity index (χ1v) is 4.81. The topological polar surface area (TPSA) is 64.6 Å². The third-order valence-corrected chi connectivity index (χ3v) is 1.69. The van der Waals surface area contributed by atoms with Crippen molar-refractivity contribution in [3.63, 3.8) is 0 Å². The highest BCUT2D eigenvalue weighted by atomic mass is 19.4. The molecule has 0 aromatic rings. The largest absolute Gasteiger partial charge is 0.462 e. The number of esters is 1. The van der Waals surface area contributed by atoms with Gasteiger partial charge in [-0.15, -0.1) is 6.42 Å². The van der Waals surface area contributed by atoms with Crippen LogP contribution in [-0.2, 0) is 19.1 Å². The molecule has 1 atom stereocenters. The molecule has 0 saturated carbocycles. The van der Waals surface area contributed by atoms with E-state index in [0.717, 1.165) is 6.92 Å². The van der Waals surface area contributed by atoms with Crippen LogP contribution in [0.5, 0.6) is 0 Å². The SMILES string of the molecule is C#CCOC(NC(C)=O)(C(=O)OCC)C(F)(F)F. The van der Waals surface area contributed by atoms with Crippen molar-refractivity contribution in [2.24, 2.45) is 0 Å². The van der Waals surface area contributed by atoms with Crippen molar-refractivity contribution in [3.8, 4) is 12.3 Å². The minimum atomic E-state index is -5.21. The van der Waals surface area contributed by atoms with Crippen LogP contribution in [0.15, 0.2) is 0 Å². The van der Waals surface area contributed by atoms with E-state index >= 15 is 0 Å². The molecule has 18 heavy (non-hydrogen) atoms. The maximum absolute atomic E-state index is 12.9. The molecule has 8 heteroatoms. The summed E-state index contributed by atoms with van der Waals surface area (Å²) < 4.78 is 47.3. The number of nitrogens with one attached hydrogen (secondary N) is 1. The highest BCUT2D eigenvalue weighted by Crippen LogP contribution is 2.32. The fourth-order valence-electron chi connectivity index (χ4n) is 1.05. The lowest BCUT2D eigenvalue weighted by atomic mass is 10.2. The third kappa shape index (κ3) is 3.63. The van der Waals surface area contributed by atoms with Crippen LogP contribution in [0.3, 0.4) is 0 Å². The molecule has 0 aromatic carbocycles. The second-order valence-electron chi connectivity index (χ2n) is 3.07. The lowest BCUT2D eigenvalue weighted by molar-refractivity contribution is -0.283. The average Bonchev–Trinajstić information content (AvgIpc) is 2.22. The van der Waals surface area contributed by atoms with Gasteiger partial charge >= 0.3 is 17.9 Å². The Labute approximate surface area is 102 Å². The van der Waals surface area contributed by atoms with Gasteiger partial charge in [0.1, 0.15) is 6.61 Å². The Bertz CT molecular complexity index is 361. The van der Waals surface area contributed by atoms with Crippen molar-refractivity contribution in [1.29, 1.82) is 0 Å². The summed E-state index contributed by atoms with van der Waals surface area (Å²) in [7, 11) is 0. The minimum Gasteiger partial charge on any atom is -0.462 e. The van der Waals surface area contributed by atoms with Crippen molar-refractivity contribution in [1.82, 2.24) is 5.32 Å². The van der Waals surface area contributed by atoms with Crippen molar-refractivity contribution < 1.29 is 32.2 Å². The monoisotopic (exact) mass is 267 g/mol. The Morgan fingerprint density at radius 2 is 1.94 bits per heavy atom. The predicted octanol–water partition coefficient (Wildman–Crippen LogP) is 0.594. The molecule has 0 aromatic heterocycles. The highest BCUT2D eigenvalue weighted by molar-refractivity contribution is 5.86. The zero-order chi connectivity index (χ0) is 14.4. The highest BCUT2D eigenvalue weighted by Gasteiger charge is 2.64. The van der Waals surface area contributed by atoms with E-state index in [1.54, 1.807) is 5.92 Å². The summed E-state index contributed by atoms with van der Waals surface area (Å²) in [5, 5.41) is 1.40. The fourth-order valence-corrected chi connectivity index (χ4v) is 1.05. The molecule has 0 aliphatic rings. The van der Waals surface area contributed by atoms with E-state index in [-0.39, 0.29) is 6.61 Å². The summed E-state index contributed by atoms with van der Waals surface area (Å²) in [4.78, 5) is 22.2. The molecule has 0 spiro atoms. The molecule has 1 N–H and O–H groups in total. The maximum Gasteiger partial charge on any atom is 0.448 e. The van der Waals surface area contributed by atoms with Crippen LogP contribution >= 0.6 is 0 Å². The van der Waals surface area contributed by atoms with Crippen LogP contribution in [0, 0.1) is 12.3 Å². The molecule has 0 fully saturated rings. The number of halogens is 3.